The van der Waals surface area contributed by atoms with Gasteiger partial charge in [-0.2, -0.15) is 11.8 Å². The van der Waals surface area contributed by atoms with Crippen molar-refractivity contribution in [3.8, 4) is 0 Å². The maximum absolute atomic E-state index is 13.7. The first-order valence-corrected chi connectivity index (χ1v) is 6.37. The molecule has 1 fully saturated rings. The number of rotatable bonds is 2. The number of carbonyl (C=O) groups excluding carboxylic acids is 1. The van der Waals surface area contributed by atoms with E-state index in [1.54, 1.807) is 12.1 Å². The van der Waals surface area contributed by atoms with Gasteiger partial charge < -0.3 is 4.90 Å². The zero-order valence-corrected chi connectivity index (χ0v) is 9.97. The van der Waals surface area contributed by atoms with Crippen molar-refractivity contribution >= 4 is 23.7 Å². The van der Waals surface area contributed by atoms with Crippen LogP contribution < -0.4 is 4.90 Å². The van der Waals surface area contributed by atoms with Gasteiger partial charge in [-0.05, 0) is 12.1 Å². The fourth-order valence-electron chi connectivity index (χ4n) is 1.98. The third kappa shape index (κ3) is 2.21. The summed E-state index contributed by atoms with van der Waals surface area (Å²) < 4.78 is 13.7. The quantitative estimate of drug-likeness (QED) is 0.740. The molecule has 0 radical (unpaired) electrons. The van der Waals surface area contributed by atoms with E-state index in [2.05, 4.69) is 6.92 Å². The Labute approximate surface area is 98.8 Å². The maximum Gasteiger partial charge on any atom is 0.152 e. The summed E-state index contributed by atoms with van der Waals surface area (Å²) in [7, 11) is 0. The lowest BCUT2D eigenvalue weighted by atomic mass is 10.1. The van der Waals surface area contributed by atoms with Gasteiger partial charge >= 0.3 is 0 Å². The van der Waals surface area contributed by atoms with Crippen LogP contribution in [0.25, 0.3) is 0 Å². The highest BCUT2D eigenvalue weighted by molar-refractivity contribution is 8.00. The molecule has 16 heavy (non-hydrogen) atoms. The minimum atomic E-state index is -0.302. The van der Waals surface area contributed by atoms with Crippen molar-refractivity contribution in [2.75, 3.05) is 23.7 Å². The lowest BCUT2D eigenvalue weighted by Crippen LogP contribution is -2.37. The van der Waals surface area contributed by atoms with E-state index >= 15 is 0 Å². The number of carbonyl (C=O) groups is 1. The van der Waals surface area contributed by atoms with Gasteiger partial charge in [0.1, 0.15) is 5.82 Å². The molecule has 0 saturated carbocycles. The molecule has 1 saturated heterocycles. The lowest BCUT2D eigenvalue weighted by Gasteiger charge is -2.33. The Morgan fingerprint density at radius 1 is 1.56 bits per heavy atom. The summed E-state index contributed by atoms with van der Waals surface area (Å²) in [6.07, 6.45) is 0.727. The monoisotopic (exact) mass is 239 g/mol. The molecule has 1 aliphatic heterocycles. The van der Waals surface area contributed by atoms with Crippen LogP contribution in [0.15, 0.2) is 18.2 Å². The normalized spacial score (nSPS) is 20.9. The van der Waals surface area contributed by atoms with E-state index in [1.807, 2.05) is 16.7 Å². The minimum Gasteiger partial charge on any atom is -0.367 e. The highest BCUT2D eigenvalue weighted by Crippen LogP contribution is 2.28. The van der Waals surface area contributed by atoms with Crippen LogP contribution >= 0.6 is 11.8 Å². The molecule has 1 atom stereocenters. The summed E-state index contributed by atoms with van der Waals surface area (Å²) in [6.45, 7) is 3.72. The molecule has 0 aliphatic carbocycles. The van der Waals surface area contributed by atoms with E-state index in [0.29, 0.717) is 16.5 Å². The Hall–Kier alpha value is -1.03. The zero-order chi connectivity index (χ0) is 11.5. The van der Waals surface area contributed by atoms with Gasteiger partial charge in [0.15, 0.2) is 6.29 Å². The first kappa shape index (κ1) is 11.5. The van der Waals surface area contributed by atoms with Crippen molar-refractivity contribution in [3.05, 3.63) is 29.6 Å². The van der Waals surface area contributed by atoms with Gasteiger partial charge in [0, 0.05) is 29.7 Å². The van der Waals surface area contributed by atoms with Gasteiger partial charge in [-0.1, -0.05) is 13.0 Å². The van der Waals surface area contributed by atoms with E-state index in [4.69, 9.17) is 0 Å². The van der Waals surface area contributed by atoms with E-state index in [0.717, 1.165) is 25.1 Å². The number of para-hydroxylation sites is 1. The number of thioether (sulfide) groups is 1. The number of nitrogens with zero attached hydrogens (tertiary/aromatic N) is 1. The number of aldehydes is 1. The first-order valence-electron chi connectivity index (χ1n) is 5.32. The third-order valence-corrected chi connectivity index (χ3v) is 3.84. The summed E-state index contributed by atoms with van der Waals surface area (Å²) in [5, 5.41) is 0.479. The summed E-state index contributed by atoms with van der Waals surface area (Å²) in [5.41, 5.74) is 0.906. The summed E-state index contributed by atoms with van der Waals surface area (Å²) in [5.74, 6) is 0.678. The molecule has 2 nitrogen and oxygen atoms in total. The van der Waals surface area contributed by atoms with Crippen molar-refractivity contribution < 1.29 is 9.18 Å². The number of benzene rings is 1. The Morgan fingerprint density at radius 3 is 3.06 bits per heavy atom. The average molecular weight is 239 g/mol. The predicted octanol–water partition coefficient (Wildman–Crippen LogP) is 2.58. The van der Waals surface area contributed by atoms with Crippen molar-refractivity contribution in [2.45, 2.75) is 12.2 Å². The van der Waals surface area contributed by atoms with Crippen molar-refractivity contribution in [3.63, 3.8) is 0 Å². The van der Waals surface area contributed by atoms with E-state index in [1.165, 1.54) is 6.07 Å². The maximum atomic E-state index is 13.7. The molecule has 0 amide bonds. The molecule has 1 aromatic rings. The van der Waals surface area contributed by atoms with Gasteiger partial charge in [0.25, 0.3) is 0 Å². The number of halogens is 1. The topological polar surface area (TPSA) is 20.3 Å². The van der Waals surface area contributed by atoms with Crippen LogP contribution in [0.3, 0.4) is 0 Å². The summed E-state index contributed by atoms with van der Waals surface area (Å²) >= 11 is 1.88. The minimum absolute atomic E-state index is 0.302. The Bertz CT molecular complexity index is 397. The standard InChI is InChI=1S/C12H14FNOS/c1-9-7-14(5-6-16-9)12-10(8-15)3-2-4-11(12)13/h2-4,8-9H,5-7H2,1H3. The molecule has 1 aliphatic rings. The largest absolute Gasteiger partial charge is 0.367 e. The molecule has 86 valence electrons. The van der Waals surface area contributed by atoms with Gasteiger partial charge in [0.05, 0.1) is 5.69 Å². The number of anilines is 1. The smallest absolute Gasteiger partial charge is 0.152 e. The molecule has 0 N–H and O–H groups in total. The molecular formula is C12H14FNOS. The van der Waals surface area contributed by atoms with Crippen LogP contribution in [0, 0.1) is 5.82 Å². The second kappa shape index (κ2) is 4.87. The highest BCUT2D eigenvalue weighted by Gasteiger charge is 2.21. The first-order chi connectivity index (χ1) is 7.72. The molecule has 0 spiro atoms. The highest BCUT2D eigenvalue weighted by atomic mass is 32.2. The second-order valence-corrected chi connectivity index (χ2v) is 5.47. The van der Waals surface area contributed by atoms with E-state index < -0.39 is 0 Å². The predicted molar refractivity (Wildman–Crippen MR) is 65.9 cm³/mol. The fraction of sp³-hybridized carbons (Fsp3) is 0.417. The van der Waals surface area contributed by atoms with Crippen LogP contribution in [0.4, 0.5) is 10.1 Å². The van der Waals surface area contributed by atoms with Crippen molar-refractivity contribution in [1.82, 2.24) is 0 Å². The summed E-state index contributed by atoms with van der Waals surface area (Å²) in [6, 6.07) is 4.65. The molecule has 1 unspecified atom stereocenters. The third-order valence-electron chi connectivity index (χ3n) is 2.70. The van der Waals surface area contributed by atoms with Crippen molar-refractivity contribution in [2.24, 2.45) is 0 Å². The van der Waals surface area contributed by atoms with Crippen molar-refractivity contribution in [1.29, 1.82) is 0 Å². The van der Waals surface area contributed by atoms with E-state index in [-0.39, 0.29) is 5.82 Å². The Balaban J connectivity index is 2.34. The molecule has 0 bridgehead atoms. The lowest BCUT2D eigenvalue weighted by molar-refractivity contribution is 0.112. The van der Waals surface area contributed by atoms with Gasteiger partial charge in [-0.25, -0.2) is 4.39 Å². The van der Waals surface area contributed by atoms with Crippen LogP contribution in [-0.2, 0) is 0 Å². The average Bonchev–Trinajstić information content (AvgIpc) is 2.28. The van der Waals surface area contributed by atoms with Gasteiger partial charge in [0.2, 0.25) is 0 Å². The van der Waals surface area contributed by atoms with Gasteiger partial charge in [-0.3, -0.25) is 4.79 Å². The Morgan fingerprint density at radius 2 is 2.38 bits per heavy atom. The Kier molecular flexibility index (Phi) is 3.49. The number of hydrogen-bond acceptors (Lipinski definition) is 3. The summed E-state index contributed by atoms with van der Waals surface area (Å²) in [4.78, 5) is 12.9. The number of hydrogen-bond donors (Lipinski definition) is 0. The van der Waals surface area contributed by atoms with E-state index in [9.17, 15) is 9.18 Å². The van der Waals surface area contributed by atoms with Crippen LogP contribution in [0.5, 0.6) is 0 Å². The molecule has 1 aromatic carbocycles. The second-order valence-electron chi connectivity index (χ2n) is 3.92. The fourth-order valence-corrected chi connectivity index (χ4v) is 3.00. The molecular weight excluding hydrogens is 225 g/mol. The van der Waals surface area contributed by atoms with Crippen LogP contribution in [0.2, 0.25) is 0 Å². The molecule has 2 rings (SSSR count). The molecule has 4 heteroatoms. The van der Waals surface area contributed by atoms with Crippen LogP contribution in [0.1, 0.15) is 17.3 Å². The molecule has 1 heterocycles. The SMILES string of the molecule is CC1CN(c2c(F)cccc2C=O)CCS1. The molecule has 0 aromatic heterocycles. The van der Waals surface area contributed by atoms with Gasteiger partial charge in [-0.15, -0.1) is 0 Å². The van der Waals surface area contributed by atoms with Crippen LogP contribution in [-0.4, -0.2) is 30.4 Å². The zero-order valence-electron chi connectivity index (χ0n) is 9.15.